The zero-order chi connectivity index (χ0) is 10.5. The van der Waals surface area contributed by atoms with Crippen LogP contribution in [0.3, 0.4) is 0 Å². The summed E-state index contributed by atoms with van der Waals surface area (Å²) in [6.45, 7) is 0.311. The van der Waals surface area contributed by atoms with Gasteiger partial charge in [0.15, 0.2) is 0 Å². The number of anilines is 1. The minimum absolute atomic E-state index is 0.166. The van der Waals surface area contributed by atoms with Crippen LogP contribution >= 0.6 is 0 Å². The van der Waals surface area contributed by atoms with Gasteiger partial charge in [-0.1, -0.05) is 12.1 Å². The van der Waals surface area contributed by atoms with Gasteiger partial charge in [0.1, 0.15) is 0 Å². The molecule has 4 nitrogen and oxygen atoms in total. The van der Waals surface area contributed by atoms with Gasteiger partial charge in [-0.2, -0.15) is 0 Å². The highest BCUT2D eigenvalue weighted by Crippen LogP contribution is 2.37. The van der Waals surface area contributed by atoms with Crippen LogP contribution in [-0.4, -0.2) is 23.9 Å². The van der Waals surface area contributed by atoms with E-state index in [4.69, 9.17) is 4.74 Å². The van der Waals surface area contributed by atoms with Gasteiger partial charge in [-0.25, -0.2) is 4.79 Å². The molecule has 0 aliphatic carbocycles. The number of fused-ring (bicyclic) bond motifs is 1. The molecule has 2 aliphatic heterocycles. The van der Waals surface area contributed by atoms with Gasteiger partial charge in [0, 0.05) is 17.7 Å². The second-order valence-corrected chi connectivity index (χ2v) is 3.79. The Kier molecular flexibility index (Phi) is 1.46. The van der Waals surface area contributed by atoms with Crippen molar-refractivity contribution in [2.75, 3.05) is 11.9 Å². The molecule has 0 radical (unpaired) electrons. The van der Waals surface area contributed by atoms with E-state index in [0.717, 1.165) is 5.69 Å². The number of nitrogens with one attached hydrogen (secondary N) is 1. The lowest BCUT2D eigenvalue weighted by molar-refractivity contribution is -0.140. The summed E-state index contributed by atoms with van der Waals surface area (Å²) < 4.78 is 4.87. The number of benzene rings is 1. The highest BCUT2D eigenvalue weighted by molar-refractivity contribution is 6.25. The zero-order valence-electron chi connectivity index (χ0n) is 7.95. The number of carbonyl (C=O) groups is 2. The summed E-state index contributed by atoms with van der Waals surface area (Å²) in [5.74, 6) is -0.621. The molecule has 0 aromatic heterocycles. The zero-order valence-corrected chi connectivity index (χ0v) is 7.95. The standard InChI is InChI=1S/C11H9NO3/c13-9-7-3-1-2-4-8(7)12-11(9)5-6-15-10(11)14/h1-4,12H,5-6H2. The van der Waals surface area contributed by atoms with Crippen LogP contribution in [0.15, 0.2) is 24.3 Å². The number of carbonyl (C=O) groups excluding carboxylic acids is 2. The van der Waals surface area contributed by atoms with E-state index in [1.807, 2.05) is 6.07 Å². The van der Waals surface area contributed by atoms with Crippen LogP contribution in [0.4, 0.5) is 5.69 Å². The first kappa shape index (κ1) is 8.47. The van der Waals surface area contributed by atoms with Crippen molar-refractivity contribution in [1.29, 1.82) is 0 Å². The Balaban J connectivity index is 2.14. The molecule has 0 amide bonds. The monoisotopic (exact) mass is 203 g/mol. The molecule has 1 spiro atoms. The molecule has 1 N–H and O–H groups in total. The first-order valence-corrected chi connectivity index (χ1v) is 4.83. The van der Waals surface area contributed by atoms with Gasteiger partial charge in [0.05, 0.1) is 6.61 Å². The number of esters is 1. The number of cyclic esters (lactones) is 1. The lowest BCUT2D eigenvalue weighted by Gasteiger charge is -2.16. The van der Waals surface area contributed by atoms with Crippen molar-refractivity contribution in [2.45, 2.75) is 12.0 Å². The largest absolute Gasteiger partial charge is 0.463 e. The van der Waals surface area contributed by atoms with Crippen LogP contribution in [0, 0.1) is 0 Å². The number of rotatable bonds is 0. The van der Waals surface area contributed by atoms with E-state index in [9.17, 15) is 9.59 Å². The molecule has 1 saturated heterocycles. The molecule has 1 atom stereocenters. The lowest BCUT2D eigenvalue weighted by atomic mass is 9.92. The Morgan fingerprint density at radius 1 is 1.27 bits per heavy atom. The normalized spacial score (nSPS) is 27.7. The maximum Gasteiger partial charge on any atom is 0.340 e. The SMILES string of the molecule is O=C1OCCC12Nc1ccccc1C2=O. The predicted octanol–water partition coefficient (Wildman–Crippen LogP) is 0.981. The van der Waals surface area contributed by atoms with E-state index in [1.54, 1.807) is 18.2 Å². The average molecular weight is 203 g/mol. The Morgan fingerprint density at radius 3 is 2.73 bits per heavy atom. The van der Waals surface area contributed by atoms with Crippen LogP contribution in [0.1, 0.15) is 16.8 Å². The molecule has 76 valence electrons. The Labute approximate surface area is 86.2 Å². The van der Waals surface area contributed by atoms with Gasteiger partial charge < -0.3 is 10.1 Å². The van der Waals surface area contributed by atoms with Crippen molar-refractivity contribution >= 4 is 17.4 Å². The second kappa shape index (κ2) is 2.59. The van der Waals surface area contributed by atoms with Gasteiger partial charge in [0.2, 0.25) is 11.3 Å². The van der Waals surface area contributed by atoms with Gasteiger partial charge >= 0.3 is 5.97 Å². The number of hydrogen-bond acceptors (Lipinski definition) is 4. The number of ether oxygens (including phenoxy) is 1. The van der Waals surface area contributed by atoms with E-state index >= 15 is 0 Å². The van der Waals surface area contributed by atoms with E-state index in [0.29, 0.717) is 18.6 Å². The molecule has 2 aliphatic rings. The van der Waals surface area contributed by atoms with Crippen molar-refractivity contribution in [3.05, 3.63) is 29.8 Å². The Hall–Kier alpha value is -1.84. The first-order valence-electron chi connectivity index (χ1n) is 4.83. The van der Waals surface area contributed by atoms with Crippen molar-refractivity contribution in [2.24, 2.45) is 0 Å². The molecule has 1 aromatic rings. The number of para-hydroxylation sites is 1. The summed E-state index contributed by atoms with van der Waals surface area (Å²) >= 11 is 0. The molecule has 2 heterocycles. The third kappa shape index (κ3) is 0.909. The smallest absolute Gasteiger partial charge is 0.340 e. The third-order valence-electron chi connectivity index (χ3n) is 2.97. The lowest BCUT2D eigenvalue weighted by Crippen LogP contribution is -2.45. The van der Waals surface area contributed by atoms with Gasteiger partial charge in [-0.05, 0) is 12.1 Å². The summed E-state index contributed by atoms with van der Waals surface area (Å²) in [6.07, 6.45) is 0.416. The minimum atomic E-state index is -1.14. The number of ketones is 1. The predicted molar refractivity (Wildman–Crippen MR) is 52.7 cm³/mol. The van der Waals surface area contributed by atoms with Crippen LogP contribution < -0.4 is 5.32 Å². The molecule has 1 unspecified atom stereocenters. The van der Waals surface area contributed by atoms with E-state index in [-0.39, 0.29) is 5.78 Å². The van der Waals surface area contributed by atoms with Crippen molar-refractivity contribution in [3.8, 4) is 0 Å². The second-order valence-electron chi connectivity index (χ2n) is 3.79. The maximum absolute atomic E-state index is 12.1. The summed E-state index contributed by atoms with van der Waals surface area (Å²) in [6, 6.07) is 7.15. The molecule has 1 fully saturated rings. The molecular weight excluding hydrogens is 194 g/mol. The van der Waals surface area contributed by atoms with Crippen LogP contribution in [0.5, 0.6) is 0 Å². The fourth-order valence-corrected chi connectivity index (χ4v) is 2.15. The van der Waals surface area contributed by atoms with Crippen molar-refractivity contribution in [3.63, 3.8) is 0 Å². The van der Waals surface area contributed by atoms with Gasteiger partial charge in [0.25, 0.3) is 0 Å². The topological polar surface area (TPSA) is 55.4 Å². The van der Waals surface area contributed by atoms with Crippen molar-refractivity contribution in [1.82, 2.24) is 0 Å². The maximum atomic E-state index is 12.1. The molecule has 0 saturated carbocycles. The summed E-state index contributed by atoms with van der Waals surface area (Å²) in [5.41, 5.74) is 0.168. The fraction of sp³-hybridized carbons (Fsp3) is 0.273. The number of Topliss-reactive ketones (excluding diaryl/α,β-unsaturated/α-hetero) is 1. The van der Waals surface area contributed by atoms with Crippen LogP contribution in [0.2, 0.25) is 0 Å². The molecular formula is C11H9NO3. The molecule has 4 heteroatoms. The average Bonchev–Trinajstić information content (AvgIpc) is 2.74. The quantitative estimate of drug-likeness (QED) is 0.504. The molecule has 15 heavy (non-hydrogen) atoms. The van der Waals surface area contributed by atoms with Crippen LogP contribution in [0.25, 0.3) is 0 Å². The number of hydrogen-bond donors (Lipinski definition) is 1. The summed E-state index contributed by atoms with van der Waals surface area (Å²) in [5, 5.41) is 2.99. The molecule has 0 bridgehead atoms. The van der Waals surface area contributed by atoms with E-state index < -0.39 is 11.5 Å². The highest BCUT2D eigenvalue weighted by Gasteiger charge is 2.55. The van der Waals surface area contributed by atoms with E-state index in [1.165, 1.54) is 0 Å². The Morgan fingerprint density at radius 2 is 2.07 bits per heavy atom. The Bertz CT molecular complexity index is 469. The first-order chi connectivity index (χ1) is 7.24. The van der Waals surface area contributed by atoms with E-state index in [2.05, 4.69) is 5.32 Å². The van der Waals surface area contributed by atoms with Gasteiger partial charge in [-0.15, -0.1) is 0 Å². The minimum Gasteiger partial charge on any atom is -0.463 e. The van der Waals surface area contributed by atoms with Crippen LogP contribution in [-0.2, 0) is 9.53 Å². The summed E-state index contributed by atoms with van der Waals surface area (Å²) in [7, 11) is 0. The molecule has 3 rings (SSSR count). The third-order valence-corrected chi connectivity index (χ3v) is 2.97. The fourth-order valence-electron chi connectivity index (χ4n) is 2.15. The van der Waals surface area contributed by atoms with Gasteiger partial charge in [-0.3, -0.25) is 4.79 Å². The molecule has 1 aromatic carbocycles. The van der Waals surface area contributed by atoms with Crippen molar-refractivity contribution < 1.29 is 14.3 Å². The summed E-state index contributed by atoms with van der Waals surface area (Å²) in [4.78, 5) is 23.6. The highest BCUT2D eigenvalue weighted by atomic mass is 16.5.